The number of nitrogens with two attached hydrogens (primary N) is 3. The summed E-state index contributed by atoms with van der Waals surface area (Å²) in [4.78, 5) is 25.8. The number of carbonyl (C=O) groups is 1. The highest BCUT2D eigenvalue weighted by molar-refractivity contribution is 7.46. The lowest BCUT2D eigenvalue weighted by molar-refractivity contribution is -0.135. The maximum atomic E-state index is 9.89. The van der Waals surface area contributed by atoms with Gasteiger partial charge in [-0.1, -0.05) is 0 Å². The molecule has 0 radical (unpaired) electrons. The smallest absolute Gasteiger partial charge is 0.475 e. The molecule has 0 aromatic heterocycles. The Morgan fingerprint density at radius 2 is 1.18 bits per heavy atom. The maximum absolute atomic E-state index is 9.89. The number of aliphatic carboxylic acids is 1. The van der Waals surface area contributed by atoms with Gasteiger partial charge in [-0.3, -0.25) is 9.79 Å². The summed E-state index contributed by atoms with van der Waals surface area (Å²) in [6.45, 7) is 4.14. The Kier molecular flexibility index (Phi) is 29.3. The summed E-state index contributed by atoms with van der Waals surface area (Å²) in [6, 6.07) is 0. The van der Waals surface area contributed by atoms with Gasteiger partial charge in [-0.25, -0.2) is 9.36 Å². The largest absolute Gasteiger partial charge is 0.525 e. The first kappa shape index (κ1) is 29.0. The third-order valence-corrected chi connectivity index (χ3v) is 1.31. The molecule has 0 aliphatic heterocycles. The minimum atomic E-state index is -4.76. The first-order valence-corrected chi connectivity index (χ1v) is 7.20. The summed E-state index contributed by atoms with van der Waals surface area (Å²) in [5, 5.41) is 31.2. The number of carboxylic acid groups (broad SMARTS) is 1. The SMILES string of the molecule is C=C(OP(=O)(O)O)C(=O)O.NCCO.NCCO.NCCO. The Morgan fingerprint density at radius 3 is 1.23 bits per heavy atom. The van der Waals surface area contributed by atoms with Gasteiger partial charge in [0.25, 0.3) is 0 Å². The molecule has 12 N–H and O–H groups in total. The molecule has 0 aromatic rings. The van der Waals surface area contributed by atoms with E-state index in [-0.39, 0.29) is 19.8 Å². The van der Waals surface area contributed by atoms with Crippen LogP contribution in [0.15, 0.2) is 12.3 Å². The van der Waals surface area contributed by atoms with Crippen LogP contribution in [-0.4, -0.2) is 75.6 Å². The molecular formula is C9H26N3O9P. The van der Waals surface area contributed by atoms with Gasteiger partial charge in [0.15, 0.2) is 0 Å². The molecule has 0 aliphatic rings. The van der Waals surface area contributed by atoms with Crippen LogP contribution in [0.5, 0.6) is 0 Å². The van der Waals surface area contributed by atoms with Crippen molar-refractivity contribution < 1.29 is 44.1 Å². The zero-order valence-electron chi connectivity index (χ0n) is 12.0. The topological polar surface area (TPSA) is 243 Å². The predicted octanol–water partition coefficient (Wildman–Crippen LogP) is -3.49. The van der Waals surface area contributed by atoms with E-state index in [1.165, 1.54) is 0 Å². The maximum Gasteiger partial charge on any atom is 0.525 e. The molecule has 0 unspecified atom stereocenters. The highest BCUT2D eigenvalue weighted by Gasteiger charge is 2.19. The van der Waals surface area contributed by atoms with Gasteiger partial charge in [0, 0.05) is 19.6 Å². The van der Waals surface area contributed by atoms with Crippen molar-refractivity contribution in [3.05, 3.63) is 12.3 Å². The highest BCUT2D eigenvalue weighted by atomic mass is 31.2. The van der Waals surface area contributed by atoms with Gasteiger partial charge in [0.2, 0.25) is 5.76 Å². The molecule has 0 aromatic carbocycles. The van der Waals surface area contributed by atoms with Gasteiger partial charge in [-0.05, 0) is 6.58 Å². The van der Waals surface area contributed by atoms with E-state index in [9.17, 15) is 9.36 Å². The third kappa shape index (κ3) is 51.0. The van der Waals surface area contributed by atoms with E-state index >= 15 is 0 Å². The first-order valence-electron chi connectivity index (χ1n) is 5.67. The van der Waals surface area contributed by atoms with Crippen LogP contribution in [0, 0.1) is 0 Å². The number of aliphatic hydroxyl groups excluding tert-OH is 3. The number of carboxylic acids is 1. The molecule has 0 amide bonds. The molecule has 0 atom stereocenters. The Balaban J connectivity index is -0.000000112. The Bertz CT molecular complexity index is 283. The number of phosphoric ester groups is 1. The Labute approximate surface area is 128 Å². The molecule has 13 heteroatoms. The fourth-order valence-electron chi connectivity index (χ4n) is 0.183. The molecule has 0 saturated heterocycles. The summed E-state index contributed by atoms with van der Waals surface area (Å²) in [5.74, 6) is -2.59. The van der Waals surface area contributed by atoms with Crippen molar-refractivity contribution in [2.45, 2.75) is 0 Å². The van der Waals surface area contributed by atoms with Crippen LogP contribution in [0.25, 0.3) is 0 Å². The molecular weight excluding hydrogens is 325 g/mol. The van der Waals surface area contributed by atoms with Gasteiger partial charge in [-0.15, -0.1) is 0 Å². The summed E-state index contributed by atoms with van der Waals surface area (Å²) in [7, 11) is -4.76. The minimum absolute atomic E-state index is 0.0972. The van der Waals surface area contributed by atoms with Crippen LogP contribution < -0.4 is 17.2 Å². The van der Waals surface area contributed by atoms with Crippen molar-refractivity contribution in [1.29, 1.82) is 0 Å². The predicted molar refractivity (Wildman–Crippen MR) is 78.3 cm³/mol. The third-order valence-electron chi connectivity index (χ3n) is 0.855. The molecule has 12 nitrogen and oxygen atoms in total. The average molecular weight is 351 g/mol. The molecule has 0 heterocycles. The van der Waals surface area contributed by atoms with Gasteiger partial charge in [0.05, 0.1) is 19.8 Å². The van der Waals surface area contributed by atoms with Crippen molar-refractivity contribution in [2.75, 3.05) is 39.5 Å². The minimum Gasteiger partial charge on any atom is -0.475 e. The van der Waals surface area contributed by atoms with Gasteiger partial charge in [0.1, 0.15) is 0 Å². The van der Waals surface area contributed by atoms with E-state index in [1.54, 1.807) is 0 Å². The first-order chi connectivity index (χ1) is 10.1. The van der Waals surface area contributed by atoms with Crippen LogP contribution in [0.1, 0.15) is 0 Å². The van der Waals surface area contributed by atoms with Crippen LogP contribution >= 0.6 is 7.82 Å². The van der Waals surface area contributed by atoms with E-state index in [0.29, 0.717) is 19.6 Å². The molecule has 0 bridgehead atoms. The summed E-state index contributed by atoms with van der Waals surface area (Å²) < 4.78 is 13.5. The van der Waals surface area contributed by atoms with Crippen molar-refractivity contribution in [3.8, 4) is 0 Å². The Hall–Kier alpha value is -1.08. The second kappa shape index (κ2) is 22.2. The van der Waals surface area contributed by atoms with Crippen molar-refractivity contribution >= 4 is 13.8 Å². The van der Waals surface area contributed by atoms with E-state index in [0.717, 1.165) is 0 Å². The molecule has 0 aliphatic carbocycles. The van der Waals surface area contributed by atoms with E-state index in [2.05, 4.69) is 11.1 Å². The Morgan fingerprint density at radius 1 is 0.955 bits per heavy atom. The van der Waals surface area contributed by atoms with Crippen LogP contribution in [0.2, 0.25) is 0 Å². The summed E-state index contributed by atoms with van der Waals surface area (Å²) >= 11 is 0. The standard InChI is InChI=1S/C3H5O6P.3C2H7NO/c1-2(3(4)5)9-10(6,7)8;3*3-1-2-4/h1H2,(H,4,5)(H2,6,7,8);3*4H,1-3H2. The lowest BCUT2D eigenvalue weighted by atomic mass is 10.6. The van der Waals surface area contributed by atoms with E-state index in [4.69, 9.17) is 47.4 Å². The highest BCUT2D eigenvalue weighted by Crippen LogP contribution is 2.38. The quantitative estimate of drug-likeness (QED) is 0.128. The molecule has 136 valence electrons. The van der Waals surface area contributed by atoms with Gasteiger partial charge < -0.3 is 42.2 Å². The van der Waals surface area contributed by atoms with Crippen molar-refractivity contribution in [3.63, 3.8) is 0 Å². The fraction of sp³-hybridized carbons (Fsp3) is 0.667. The fourth-order valence-corrected chi connectivity index (χ4v) is 0.548. The molecule has 0 rings (SSSR count). The van der Waals surface area contributed by atoms with E-state index in [1.807, 2.05) is 0 Å². The summed E-state index contributed by atoms with van der Waals surface area (Å²) in [5.41, 5.74) is 14.3. The molecule has 0 spiro atoms. The molecule has 22 heavy (non-hydrogen) atoms. The lowest BCUT2D eigenvalue weighted by Crippen LogP contribution is -2.02. The monoisotopic (exact) mass is 351 g/mol. The molecule has 0 fully saturated rings. The van der Waals surface area contributed by atoms with Gasteiger partial charge >= 0.3 is 13.8 Å². The normalized spacial score (nSPS) is 8.91. The van der Waals surface area contributed by atoms with Crippen LogP contribution in [0.4, 0.5) is 0 Å². The van der Waals surface area contributed by atoms with Gasteiger partial charge in [-0.2, -0.15) is 0 Å². The summed E-state index contributed by atoms with van der Waals surface area (Å²) in [6.07, 6.45) is 0. The van der Waals surface area contributed by atoms with Crippen LogP contribution in [-0.2, 0) is 13.9 Å². The zero-order chi connectivity index (χ0) is 18.6. The van der Waals surface area contributed by atoms with Crippen molar-refractivity contribution in [1.82, 2.24) is 0 Å². The number of rotatable bonds is 6. The number of hydrogen-bond acceptors (Lipinski definition) is 9. The number of hydrogen-bond donors (Lipinski definition) is 9. The number of aliphatic hydroxyl groups is 3. The molecule has 0 saturated carbocycles. The van der Waals surface area contributed by atoms with E-state index < -0.39 is 19.6 Å². The zero-order valence-corrected chi connectivity index (χ0v) is 12.9. The lowest BCUT2D eigenvalue weighted by Gasteiger charge is -2.03. The average Bonchev–Trinajstić information content (AvgIpc) is 2.46. The number of phosphoric acid groups is 1. The second-order valence-electron chi connectivity index (χ2n) is 2.85. The second-order valence-corrected chi connectivity index (χ2v) is 4.01. The van der Waals surface area contributed by atoms with Crippen molar-refractivity contribution in [2.24, 2.45) is 17.2 Å². The van der Waals surface area contributed by atoms with Crippen LogP contribution in [0.3, 0.4) is 0 Å².